The fraction of sp³-hybridized carbons (Fsp3) is 0.583. The molecule has 0 spiro atoms. The van der Waals surface area contributed by atoms with Crippen LogP contribution in [0.2, 0.25) is 0 Å². The third-order valence-corrected chi connectivity index (χ3v) is 2.23. The lowest BCUT2D eigenvalue weighted by Gasteiger charge is -2.08. The normalized spacial score (nSPS) is 11.7. The molecule has 0 radical (unpaired) electrons. The second-order valence-electron chi connectivity index (χ2n) is 3.93. The minimum absolute atomic E-state index is 0.468. The smallest absolute Gasteiger partial charge is 0.0953 e. The van der Waals surface area contributed by atoms with Gasteiger partial charge in [-0.25, -0.2) is 4.98 Å². The Hall–Kier alpha value is -1.09. The number of nitrogens with zero attached hydrogens (tertiary/aromatic N) is 2. The highest BCUT2D eigenvalue weighted by Crippen LogP contribution is 2.09. The zero-order valence-electron chi connectivity index (χ0n) is 9.90. The van der Waals surface area contributed by atoms with Crippen molar-refractivity contribution in [3.63, 3.8) is 0 Å². The van der Waals surface area contributed by atoms with Gasteiger partial charge in [0.15, 0.2) is 0 Å². The SMILES string of the molecule is CCCNCC=Cc1cncn1C(C)C. The maximum absolute atomic E-state index is 4.15. The Morgan fingerprint density at radius 3 is 3.00 bits per heavy atom. The number of nitrogens with one attached hydrogen (secondary N) is 1. The molecule has 1 rings (SSSR count). The summed E-state index contributed by atoms with van der Waals surface area (Å²) in [4.78, 5) is 4.15. The van der Waals surface area contributed by atoms with E-state index in [4.69, 9.17) is 0 Å². The van der Waals surface area contributed by atoms with Crippen molar-refractivity contribution in [1.29, 1.82) is 0 Å². The number of aromatic nitrogens is 2. The zero-order valence-corrected chi connectivity index (χ0v) is 9.90. The van der Waals surface area contributed by atoms with Gasteiger partial charge < -0.3 is 9.88 Å². The van der Waals surface area contributed by atoms with E-state index >= 15 is 0 Å². The van der Waals surface area contributed by atoms with Gasteiger partial charge in [0.25, 0.3) is 0 Å². The van der Waals surface area contributed by atoms with Crippen molar-refractivity contribution in [2.24, 2.45) is 0 Å². The molecule has 0 aliphatic rings. The first-order valence-electron chi connectivity index (χ1n) is 5.64. The molecule has 0 atom stereocenters. The summed E-state index contributed by atoms with van der Waals surface area (Å²) in [6.45, 7) is 8.50. The van der Waals surface area contributed by atoms with Gasteiger partial charge in [-0.1, -0.05) is 13.0 Å². The summed E-state index contributed by atoms with van der Waals surface area (Å²) in [5.74, 6) is 0. The number of rotatable bonds is 6. The van der Waals surface area contributed by atoms with E-state index in [0.717, 1.165) is 13.1 Å². The molecule has 0 saturated carbocycles. The van der Waals surface area contributed by atoms with E-state index in [2.05, 4.69) is 47.8 Å². The zero-order chi connectivity index (χ0) is 11.1. The van der Waals surface area contributed by atoms with Crippen LogP contribution >= 0.6 is 0 Å². The quantitative estimate of drug-likeness (QED) is 0.726. The van der Waals surface area contributed by atoms with E-state index in [1.165, 1.54) is 12.1 Å². The Balaban J connectivity index is 2.45. The predicted octanol–water partition coefficient (Wildman–Crippen LogP) is 2.48. The molecule has 15 heavy (non-hydrogen) atoms. The first-order valence-corrected chi connectivity index (χ1v) is 5.64. The Bertz CT molecular complexity index is 300. The van der Waals surface area contributed by atoms with Crippen LogP contribution < -0.4 is 5.32 Å². The Morgan fingerprint density at radius 1 is 1.53 bits per heavy atom. The highest BCUT2D eigenvalue weighted by atomic mass is 15.1. The summed E-state index contributed by atoms with van der Waals surface area (Å²) in [5.41, 5.74) is 1.17. The van der Waals surface area contributed by atoms with E-state index < -0.39 is 0 Å². The highest BCUT2D eigenvalue weighted by molar-refractivity contribution is 5.44. The third kappa shape index (κ3) is 3.88. The summed E-state index contributed by atoms with van der Waals surface area (Å²) in [7, 11) is 0. The van der Waals surface area contributed by atoms with Gasteiger partial charge in [0.05, 0.1) is 18.2 Å². The molecular weight excluding hydrogens is 186 g/mol. The molecule has 3 heteroatoms. The summed E-state index contributed by atoms with van der Waals surface area (Å²) >= 11 is 0. The van der Waals surface area contributed by atoms with Crippen LogP contribution in [0.3, 0.4) is 0 Å². The van der Waals surface area contributed by atoms with Crippen molar-refractivity contribution in [1.82, 2.24) is 14.9 Å². The fourth-order valence-corrected chi connectivity index (χ4v) is 1.42. The van der Waals surface area contributed by atoms with Crippen molar-refractivity contribution < 1.29 is 0 Å². The lowest BCUT2D eigenvalue weighted by Crippen LogP contribution is -2.13. The van der Waals surface area contributed by atoms with Gasteiger partial charge in [0.1, 0.15) is 0 Å². The lowest BCUT2D eigenvalue weighted by molar-refractivity contribution is 0.595. The van der Waals surface area contributed by atoms with Crippen LogP contribution in [0, 0.1) is 0 Å². The Labute approximate surface area is 92.2 Å². The number of imidazole rings is 1. The van der Waals surface area contributed by atoms with Crippen LogP contribution in [0.25, 0.3) is 6.08 Å². The first kappa shape index (κ1) is 12.0. The van der Waals surface area contributed by atoms with Crippen LogP contribution in [0.1, 0.15) is 38.9 Å². The van der Waals surface area contributed by atoms with Crippen molar-refractivity contribution >= 4 is 6.08 Å². The minimum atomic E-state index is 0.468. The summed E-state index contributed by atoms with van der Waals surface area (Å²) in [6, 6.07) is 0.468. The molecular formula is C12H21N3. The molecule has 1 N–H and O–H groups in total. The monoisotopic (exact) mass is 207 g/mol. The molecule has 1 aromatic rings. The second kappa shape index (κ2) is 6.40. The van der Waals surface area contributed by atoms with E-state index in [-0.39, 0.29) is 0 Å². The van der Waals surface area contributed by atoms with Gasteiger partial charge in [-0.15, -0.1) is 0 Å². The molecule has 0 fully saturated rings. The average molecular weight is 207 g/mol. The van der Waals surface area contributed by atoms with Crippen LogP contribution in [-0.4, -0.2) is 22.6 Å². The first-order chi connectivity index (χ1) is 7.25. The van der Waals surface area contributed by atoms with Gasteiger partial charge in [-0.3, -0.25) is 0 Å². The Morgan fingerprint density at radius 2 is 2.33 bits per heavy atom. The average Bonchev–Trinajstić information content (AvgIpc) is 2.66. The molecule has 0 unspecified atom stereocenters. The molecule has 0 saturated heterocycles. The van der Waals surface area contributed by atoms with Crippen molar-refractivity contribution in [2.45, 2.75) is 33.2 Å². The number of hydrogen-bond acceptors (Lipinski definition) is 2. The van der Waals surface area contributed by atoms with Crippen molar-refractivity contribution in [3.8, 4) is 0 Å². The molecule has 0 aromatic carbocycles. The molecule has 3 nitrogen and oxygen atoms in total. The molecule has 1 heterocycles. The molecule has 0 aliphatic heterocycles. The van der Waals surface area contributed by atoms with Gasteiger partial charge in [0, 0.05) is 12.6 Å². The highest BCUT2D eigenvalue weighted by Gasteiger charge is 2.00. The van der Waals surface area contributed by atoms with Gasteiger partial charge in [0.2, 0.25) is 0 Å². The minimum Gasteiger partial charge on any atom is -0.329 e. The van der Waals surface area contributed by atoms with Crippen LogP contribution in [-0.2, 0) is 0 Å². The third-order valence-electron chi connectivity index (χ3n) is 2.23. The van der Waals surface area contributed by atoms with Crippen LogP contribution in [0.15, 0.2) is 18.6 Å². The van der Waals surface area contributed by atoms with E-state index in [0.29, 0.717) is 6.04 Å². The Kier molecular flexibility index (Phi) is 5.12. The van der Waals surface area contributed by atoms with Gasteiger partial charge in [-0.05, 0) is 32.9 Å². The maximum atomic E-state index is 4.15. The van der Waals surface area contributed by atoms with Crippen LogP contribution in [0.4, 0.5) is 0 Å². The topological polar surface area (TPSA) is 29.9 Å². The predicted molar refractivity (Wildman–Crippen MR) is 64.8 cm³/mol. The molecule has 84 valence electrons. The summed E-state index contributed by atoms with van der Waals surface area (Å²) in [5, 5.41) is 3.33. The largest absolute Gasteiger partial charge is 0.329 e. The van der Waals surface area contributed by atoms with Crippen molar-refractivity contribution in [2.75, 3.05) is 13.1 Å². The summed E-state index contributed by atoms with van der Waals surface area (Å²) < 4.78 is 2.16. The van der Waals surface area contributed by atoms with Crippen LogP contribution in [0.5, 0.6) is 0 Å². The van der Waals surface area contributed by atoms with E-state index in [1.807, 2.05) is 12.5 Å². The van der Waals surface area contributed by atoms with E-state index in [1.54, 1.807) is 0 Å². The fourth-order valence-electron chi connectivity index (χ4n) is 1.42. The van der Waals surface area contributed by atoms with Crippen molar-refractivity contribution in [3.05, 3.63) is 24.3 Å². The lowest BCUT2D eigenvalue weighted by atomic mass is 10.3. The van der Waals surface area contributed by atoms with Gasteiger partial charge in [-0.2, -0.15) is 0 Å². The second-order valence-corrected chi connectivity index (χ2v) is 3.93. The molecule has 0 bridgehead atoms. The molecule has 1 aromatic heterocycles. The molecule has 0 amide bonds. The number of hydrogen-bond donors (Lipinski definition) is 1. The van der Waals surface area contributed by atoms with Gasteiger partial charge >= 0.3 is 0 Å². The molecule has 0 aliphatic carbocycles. The maximum Gasteiger partial charge on any atom is 0.0953 e. The summed E-state index contributed by atoms with van der Waals surface area (Å²) in [6.07, 6.45) is 9.22. The standard InChI is InChI=1S/C12H21N3/c1-4-7-13-8-5-6-12-9-14-10-15(12)11(2)3/h5-6,9-11,13H,4,7-8H2,1-3H3. The van der Waals surface area contributed by atoms with E-state index in [9.17, 15) is 0 Å².